The van der Waals surface area contributed by atoms with Gasteiger partial charge in [0.05, 0.1) is 11.9 Å². The van der Waals surface area contributed by atoms with Crippen LogP contribution in [-0.2, 0) is 13.5 Å². The maximum absolute atomic E-state index is 12.7. The van der Waals surface area contributed by atoms with Crippen LogP contribution in [-0.4, -0.2) is 15.8 Å². The zero-order chi connectivity index (χ0) is 12.3. The summed E-state index contributed by atoms with van der Waals surface area (Å²) in [6.07, 6.45) is 4.58. The Morgan fingerprint density at radius 2 is 2.06 bits per heavy atom. The van der Waals surface area contributed by atoms with Crippen molar-refractivity contribution in [3.8, 4) is 0 Å². The third-order valence-electron chi connectivity index (χ3n) is 2.57. The first-order valence-electron chi connectivity index (χ1n) is 5.63. The van der Waals surface area contributed by atoms with Gasteiger partial charge in [-0.15, -0.1) is 0 Å². The van der Waals surface area contributed by atoms with Crippen LogP contribution in [0.1, 0.15) is 12.5 Å². The van der Waals surface area contributed by atoms with E-state index in [4.69, 9.17) is 0 Å². The summed E-state index contributed by atoms with van der Waals surface area (Å²) in [5, 5.41) is 7.44. The number of nitrogens with one attached hydrogen (secondary N) is 1. The summed E-state index contributed by atoms with van der Waals surface area (Å²) in [6.45, 7) is 2.09. The Labute approximate surface area is 100 Å². The molecule has 1 N–H and O–H groups in total. The van der Waals surface area contributed by atoms with Crippen LogP contribution in [0, 0.1) is 5.82 Å². The van der Waals surface area contributed by atoms with E-state index in [0.717, 1.165) is 17.7 Å². The van der Waals surface area contributed by atoms with Crippen LogP contribution in [0.4, 0.5) is 10.1 Å². The quantitative estimate of drug-likeness (QED) is 0.879. The molecule has 0 fully saturated rings. The fourth-order valence-corrected chi connectivity index (χ4v) is 1.81. The molecule has 2 rings (SSSR count). The van der Waals surface area contributed by atoms with Crippen molar-refractivity contribution in [2.75, 3.05) is 5.32 Å². The summed E-state index contributed by atoms with van der Waals surface area (Å²) in [7, 11) is 1.88. The van der Waals surface area contributed by atoms with E-state index in [-0.39, 0.29) is 11.9 Å². The molecule has 0 saturated carbocycles. The molecule has 2 aromatic rings. The molecular formula is C13H16FN3. The first kappa shape index (κ1) is 11.6. The summed E-state index contributed by atoms with van der Waals surface area (Å²) in [4.78, 5) is 0. The highest BCUT2D eigenvalue weighted by molar-refractivity contribution is 5.39. The van der Waals surface area contributed by atoms with Gasteiger partial charge in [-0.05, 0) is 31.0 Å². The van der Waals surface area contributed by atoms with Gasteiger partial charge >= 0.3 is 0 Å². The largest absolute Gasteiger partial charge is 0.380 e. The lowest BCUT2D eigenvalue weighted by molar-refractivity contribution is 0.626. The minimum atomic E-state index is -0.193. The normalized spacial score (nSPS) is 12.4. The van der Waals surface area contributed by atoms with Crippen molar-refractivity contribution in [1.82, 2.24) is 9.78 Å². The van der Waals surface area contributed by atoms with E-state index in [1.54, 1.807) is 10.9 Å². The molecule has 0 unspecified atom stereocenters. The topological polar surface area (TPSA) is 29.9 Å². The van der Waals surface area contributed by atoms with Gasteiger partial charge in [-0.25, -0.2) is 4.39 Å². The average molecular weight is 233 g/mol. The average Bonchev–Trinajstić information content (AvgIpc) is 2.67. The molecule has 1 atom stereocenters. The molecule has 0 bridgehead atoms. The fraction of sp³-hybridized carbons (Fsp3) is 0.308. The number of nitrogens with zero attached hydrogens (tertiary/aromatic N) is 2. The number of benzene rings is 1. The Morgan fingerprint density at radius 3 is 2.65 bits per heavy atom. The van der Waals surface area contributed by atoms with Crippen molar-refractivity contribution >= 4 is 5.69 Å². The van der Waals surface area contributed by atoms with Crippen LogP contribution in [0.5, 0.6) is 0 Å². The maximum Gasteiger partial charge on any atom is 0.123 e. The monoisotopic (exact) mass is 233 g/mol. The van der Waals surface area contributed by atoms with Crippen molar-refractivity contribution < 1.29 is 4.39 Å². The van der Waals surface area contributed by atoms with Crippen LogP contribution in [0.25, 0.3) is 0 Å². The zero-order valence-corrected chi connectivity index (χ0v) is 10.0. The molecule has 1 aromatic heterocycles. The number of rotatable bonds is 4. The van der Waals surface area contributed by atoms with E-state index < -0.39 is 0 Å². The number of hydrogen-bond acceptors (Lipinski definition) is 2. The second-order valence-corrected chi connectivity index (χ2v) is 4.28. The highest BCUT2D eigenvalue weighted by atomic mass is 19.1. The zero-order valence-electron chi connectivity index (χ0n) is 10.0. The molecule has 0 aliphatic rings. The summed E-state index contributed by atoms with van der Waals surface area (Å²) >= 11 is 0. The molecule has 0 amide bonds. The van der Waals surface area contributed by atoms with Crippen LogP contribution < -0.4 is 5.32 Å². The number of halogens is 1. The van der Waals surface area contributed by atoms with Crippen molar-refractivity contribution in [3.05, 3.63) is 48.0 Å². The molecule has 0 spiro atoms. The lowest BCUT2D eigenvalue weighted by Gasteiger charge is -2.13. The van der Waals surface area contributed by atoms with Crippen LogP contribution in [0.2, 0.25) is 0 Å². The molecule has 90 valence electrons. The smallest absolute Gasteiger partial charge is 0.123 e. The van der Waals surface area contributed by atoms with Crippen LogP contribution >= 0.6 is 0 Å². The van der Waals surface area contributed by atoms with Crippen LogP contribution in [0.15, 0.2) is 36.7 Å². The molecular weight excluding hydrogens is 217 g/mol. The highest BCUT2D eigenvalue weighted by Crippen LogP contribution is 2.10. The third kappa shape index (κ3) is 3.31. The number of anilines is 1. The Balaban J connectivity index is 1.93. The first-order chi connectivity index (χ1) is 8.13. The Morgan fingerprint density at radius 1 is 1.35 bits per heavy atom. The van der Waals surface area contributed by atoms with Crippen molar-refractivity contribution in [1.29, 1.82) is 0 Å². The van der Waals surface area contributed by atoms with E-state index in [9.17, 15) is 4.39 Å². The maximum atomic E-state index is 12.7. The van der Waals surface area contributed by atoms with E-state index in [0.29, 0.717) is 0 Å². The van der Waals surface area contributed by atoms with Crippen molar-refractivity contribution in [2.45, 2.75) is 19.4 Å². The second-order valence-electron chi connectivity index (χ2n) is 4.28. The van der Waals surface area contributed by atoms with Gasteiger partial charge < -0.3 is 5.32 Å². The molecule has 0 aliphatic carbocycles. The van der Waals surface area contributed by atoms with E-state index >= 15 is 0 Å². The SMILES string of the molecule is C[C@@H](Cc1ccc(F)cc1)Nc1cnn(C)c1. The number of aromatic nitrogens is 2. The van der Waals surface area contributed by atoms with E-state index in [1.165, 1.54) is 12.1 Å². The molecule has 0 aliphatic heterocycles. The van der Waals surface area contributed by atoms with Gasteiger partial charge in [0.25, 0.3) is 0 Å². The Bertz CT molecular complexity index is 476. The third-order valence-corrected chi connectivity index (χ3v) is 2.57. The molecule has 1 heterocycles. The summed E-state index contributed by atoms with van der Waals surface area (Å²) in [6, 6.07) is 6.90. The second kappa shape index (κ2) is 4.99. The number of hydrogen-bond donors (Lipinski definition) is 1. The van der Waals surface area contributed by atoms with E-state index in [1.807, 2.05) is 25.4 Å². The lowest BCUT2D eigenvalue weighted by Crippen LogP contribution is -2.17. The van der Waals surface area contributed by atoms with Gasteiger partial charge in [-0.1, -0.05) is 12.1 Å². The van der Waals surface area contributed by atoms with Gasteiger partial charge in [0.2, 0.25) is 0 Å². The summed E-state index contributed by atoms with van der Waals surface area (Å²) in [5.41, 5.74) is 2.12. The molecule has 3 nitrogen and oxygen atoms in total. The molecule has 17 heavy (non-hydrogen) atoms. The fourth-order valence-electron chi connectivity index (χ4n) is 1.81. The van der Waals surface area contributed by atoms with Gasteiger partial charge in [0.15, 0.2) is 0 Å². The Kier molecular flexibility index (Phi) is 3.42. The van der Waals surface area contributed by atoms with Crippen molar-refractivity contribution in [3.63, 3.8) is 0 Å². The lowest BCUT2D eigenvalue weighted by atomic mass is 10.1. The van der Waals surface area contributed by atoms with Crippen LogP contribution in [0.3, 0.4) is 0 Å². The minimum Gasteiger partial charge on any atom is -0.380 e. The van der Waals surface area contributed by atoms with Gasteiger partial charge in [0, 0.05) is 19.3 Å². The molecule has 1 aromatic carbocycles. The first-order valence-corrected chi connectivity index (χ1v) is 5.63. The highest BCUT2D eigenvalue weighted by Gasteiger charge is 2.04. The van der Waals surface area contributed by atoms with Gasteiger partial charge in [0.1, 0.15) is 5.82 Å². The van der Waals surface area contributed by atoms with E-state index in [2.05, 4.69) is 17.3 Å². The summed E-state index contributed by atoms with van der Waals surface area (Å²) in [5.74, 6) is -0.193. The molecule has 0 saturated heterocycles. The van der Waals surface area contributed by atoms with Gasteiger partial charge in [-0.3, -0.25) is 4.68 Å². The van der Waals surface area contributed by atoms with Gasteiger partial charge in [-0.2, -0.15) is 5.10 Å². The standard InChI is InChI=1S/C13H16FN3/c1-10(16-13-8-15-17(2)9-13)7-11-3-5-12(14)6-4-11/h3-6,8-10,16H,7H2,1-2H3/t10-/m0/s1. The minimum absolute atomic E-state index is 0.193. The molecule has 4 heteroatoms. The summed E-state index contributed by atoms with van der Waals surface area (Å²) < 4.78 is 14.5. The predicted molar refractivity (Wildman–Crippen MR) is 66.4 cm³/mol. The van der Waals surface area contributed by atoms with Crippen molar-refractivity contribution in [2.24, 2.45) is 7.05 Å². The Hall–Kier alpha value is -1.84. The number of aryl methyl sites for hydroxylation is 1. The molecule has 0 radical (unpaired) electrons. The predicted octanol–water partition coefficient (Wildman–Crippen LogP) is 2.60.